The van der Waals surface area contributed by atoms with Crippen molar-refractivity contribution in [2.75, 3.05) is 45.3 Å². The summed E-state index contributed by atoms with van der Waals surface area (Å²) in [5.41, 5.74) is -0.422. The van der Waals surface area contributed by atoms with Gasteiger partial charge in [-0.15, -0.1) is 0 Å². The number of carbonyl (C=O) groups excluding carboxylic acids is 1. The van der Waals surface area contributed by atoms with Crippen LogP contribution in [0, 0.1) is 0 Å². The molecule has 0 aliphatic carbocycles. The van der Waals surface area contributed by atoms with E-state index in [2.05, 4.69) is 4.98 Å². The Morgan fingerprint density at radius 3 is 2.31 bits per heavy atom. The molecule has 3 rings (SSSR count). The Labute approximate surface area is 170 Å². The summed E-state index contributed by atoms with van der Waals surface area (Å²) in [6.45, 7) is 1.69. The van der Waals surface area contributed by atoms with Crippen molar-refractivity contribution >= 4 is 23.3 Å². The van der Waals surface area contributed by atoms with Gasteiger partial charge in [0.1, 0.15) is 5.82 Å². The fourth-order valence-corrected chi connectivity index (χ4v) is 3.39. The molecule has 0 bridgehead atoms. The van der Waals surface area contributed by atoms with Gasteiger partial charge in [-0.25, -0.2) is 4.98 Å². The molecule has 1 saturated heterocycles. The highest BCUT2D eigenvalue weighted by molar-refractivity contribution is 6.32. The van der Waals surface area contributed by atoms with E-state index >= 15 is 0 Å². The predicted molar refractivity (Wildman–Crippen MR) is 102 cm³/mol. The quantitative estimate of drug-likeness (QED) is 0.741. The standard InChI is InChI=1S/C19H19ClF3N3O3/c1-28-15-10-12(9-14(20)17(15)29-2)18(27)26-7-5-25(6-8-26)16-4-3-13(11-24-16)19(21,22)23/h3-4,9-11H,5-8H2,1-2H3. The van der Waals surface area contributed by atoms with E-state index in [0.717, 1.165) is 12.3 Å². The summed E-state index contributed by atoms with van der Waals surface area (Å²) in [4.78, 5) is 20.2. The Kier molecular flexibility index (Phi) is 6.07. The lowest BCUT2D eigenvalue weighted by Crippen LogP contribution is -2.49. The van der Waals surface area contributed by atoms with Crippen LogP contribution in [0.1, 0.15) is 15.9 Å². The van der Waals surface area contributed by atoms with E-state index in [4.69, 9.17) is 21.1 Å². The maximum atomic E-state index is 12.8. The number of nitrogens with zero attached hydrogens (tertiary/aromatic N) is 3. The fraction of sp³-hybridized carbons (Fsp3) is 0.368. The molecule has 0 N–H and O–H groups in total. The molecule has 2 aromatic rings. The normalized spacial score (nSPS) is 14.7. The Balaban J connectivity index is 1.68. The van der Waals surface area contributed by atoms with E-state index in [0.29, 0.717) is 49.1 Å². The van der Waals surface area contributed by atoms with E-state index < -0.39 is 11.7 Å². The molecule has 1 aliphatic rings. The average Bonchev–Trinajstić information content (AvgIpc) is 2.72. The smallest absolute Gasteiger partial charge is 0.417 e. The number of hydrogen-bond acceptors (Lipinski definition) is 5. The average molecular weight is 430 g/mol. The Bertz CT molecular complexity index is 883. The molecule has 6 nitrogen and oxygen atoms in total. The molecule has 10 heteroatoms. The topological polar surface area (TPSA) is 54.9 Å². The number of alkyl halides is 3. The molecule has 2 heterocycles. The molecule has 0 atom stereocenters. The number of rotatable bonds is 4. The first kappa shape index (κ1) is 21.0. The molecular formula is C19H19ClF3N3O3. The maximum absolute atomic E-state index is 12.8. The molecular weight excluding hydrogens is 411 g/mol. The van der Waals surface area contributed by atoms with Gasteiger partial charge in [-0.2, -0.15) is 13.2 Å². The van der Waals surface area contributed by atoms with Crippen LogP contribution in [-0.2, 0) is 6.18 Å². The van der Waals surface area contributed by atoms with Gasteiger partial charge in [0.05, 0.1) is 24.8 Å². The van der Waals surface area contributed by atoms with Gasteiger partial charge in [0.15, 0.2) is 11.5 Å². The van der Waals surface area contributed by atoms with Crippen LogP contribution in [0.3, 0.4) is 0 Å². The highest BCUT2D eigenvalue weighted by Gasteiger charge is 2.31. The third-order valence-electron chi connectivity index (χ3n) is 4.65. The zero-order chi connectivity index (χ0) is 21.2. The van der Waals surface area contributed by atoms with Gasteiger partial charge < -0.3 is 19.3 Å². The summed E-state index contributed by atoms with van der Waals surface area (Å²) in [5.74, 6) is 0.937. The van der Waals surface area contributed by atoms with Gasteiger partial charge in [-0.05, 0) is 24.3 Å². The summed E-state index contributed by atoms with van der Waals surface area (Å²) in [6, 6.07) is 5.44. The second kappa shape index (κ2) is 8.36. The minimum absolute atomic E-state index is 0.215. The van der Waals surface area contributed by atoms with Crippen LogP contribution in [0.4, 0.5) is 19.0 Å². The van der Waals surface area contributed by atoms with E-state index in [1.165, 1.54) is 26.4 Å². The predicted octanol–water partition coefficient (Wildman–Crippen LogP) is 3.73. The fourth-order valence-electron chi connectivity index (χ4n) is 3.10. The van der Waals surface area contributed by atoms with Gasteiger partial charge in [-0.3, -0.25) is 4.79 Å². The van der Waals surface area contributed by atoms with Crippen molar-refractivity contribution in [3.63, 3.8) is 0 Å². The van der Waals surface area contributed by atoms with Gasteiger partial charge in [-0.1, -0.05) is 11.6 Å². The molecule has 1 aliphatic heterocycles. The number of halogens is 4. The molecule has 156 valence electrons. The van der Waals surface area contributed by atoms with Crippen molar-refractivity contribution in [1.29, 1.82) is 0 Å². The number of piperazine rings is 1. The van der Waals surface area contributed by atoms with Crippen LogP contribution in [0.25, 0.3) is 0 Å². The minimum Gasteiger partial charge on any atom is -0.493 e. The number of benzene rings is 1. The van der Waals surface area contributed by atoms with Gasteiger partial charge in [0.2, 0.25) is 0 Å². The molecule has 0 saturated carbocycles. The number of methoxy groups -OCH3 is 2. The molecule has 0 radical (unpaired) electrons. The molecule has 1 amide bonds. The van der Waals surface area contributed by atoms with Crippen molar-refractivity contribution in [1.82, 2.24) is 9.88 Å². The van der Waals surface area contributed by atoms with Crippen LogP contribution in [0.5, 0.6) is 11.5 Å². The summed E-state index contributed by atoms with van der Waals surface area (Å²) < 4.78 is 48.4. The maximum Gasteiger partial charge on any atom is 0.417 e. The summed E-state index contributed by atoms with van der Waals surface area (Å²) in [7, 11) is 2.91. The Morgan fingerprint density at radius 1 is 1.10 bits per heavy atom. The van der Waals surface area contributed by atoms with Crippen molar-refractivity contribution in [2.24, 2.45) is 0 Å². The first-order chi connectivity index (χ1) is 13.7. The second-order valence-electron chi connectivity index (χ2n) is 6.38. The molecule has 0 unspecified atom stereocenters. The minimum atomic E-state index is -4.42. The van der Waals surface area contributed by atoms with Gasteiger partial charge in [0, 0.05) is 37.9 Å². The number of amides is 1. The lowest BCUT2D eigenvalue weighted by molar-refractivity contribution is -0.137. The highest BCUT2D eigenvalue weighted by Crippen LogP contribution is 2.36. The lowest BCUT2D eigenvalue weighted by atomic mass is 10.1. The van der Waals surface area contributed by atoms with Crippen LogP contribution < -0.4 is 14.4 Å². The summed E-state index contributed by atoms with van der Waals surface area (Å²) >= 11 is 6.17. The monoisotopic (exact) mass is 429 g/mol. The molecule has 29 heavy (non-hydrogen) atoms. The van der Waals surface area contributed by atoms with Crippen molar-refractivity contribution in [2.45, 2.75) is 6.18 Å². The number of carbonyl (C=O) groups is 1. The van der Waals surface area contributed by atoms with Crippen LogP contribution in [0.15, 0.2) is 30.5 Å². The number of ether oxygens (including phenoxy) is 2. The number of pyridine rings is 1. The van der Waals surface area contributed by atoms with E-state index in [1.807, 2.05) is 4.90 Å². The van der Waals surface area contributed by atoms with Crippen molar-refractivity contribution in [3.05, 3.63) is 46.6 Å². The van der Waals surface area contributed by atoms with Gasteiger partial charge >= 0.3 is 6.18 Å². The van der Waals surface area contributed by atoms with Crippen molar-refractivity contribution in [3.8, 4) is 11.5 Å². The Hall–Kier alpha value is -2.68. The summed E-state index contributed by atoms with van der Waals surface area (Å²) in [5, 5.41) is 0.266. The van der Waals surface area contributed by atoms with Gasteiger partial charge in [0.25, 0.3) is 5.91 Å². The van der Waals surface area contributed by atoms with E-state index in [9.17, 15) is 18.0 Å². The Morgan fingerprint density at radius 2 is 1.79 bits per heavy atom. The third kappa shape index (κ3) is 4.50. The van der Waals surface area contributed by atoms with E-state index in [-0.39, 0.29) is 10.9 Å². The van der Waals surface area contributed by atoms with Crippen LogP contribution >= 0.6 is 11.6 Å². The highest BCUT2D eigenvalue weighted by atomic mass is 35.5. The van der Waals surface area contributed by atoms with Crippen molar-refractivity contribution < 1.29 is 27.4 Å². The number of aromatic nitrogens is 1. The third-order valence-corrected chi connectivity index (χ3v) is 4.93. The first-order valence-electron chi connectivity index (χ1n) is 8.73. The number of hydrogen-bond donors (Lipinski definition) is 0. The second-order valence-corrected chi connectivity index (χ2v) is 6.78. The summed E-state index contributed by atoms with van der Waals surface area (Å²) in [6.07, 6.45) is -3.60. The molecule has 1 aromatic carbocycles. The number of anilines is 1. The lowest BCUT2D eigenvalue weighted by Gasteiger charge is -2.35. The van der Waals surface area contributed by atoms with Crippen LogP contribution in [-0.4, -0.2) is 56.2 Å². The molecule has 1 fully saturated rings. The zero-order valence-corrected chi connectivity index (χ0v) is 16.5. The molecule has 0 spiro atoms. The first-order valence-corrected chi connectivity index (χ1v) is 9.11. The largest absolute Gasteiger partial charge is 0.493 e. The SMILES string of the molecule is COc1cc(C(=O)N2CCN(c3ccc(C(F)(F)F)cn3)CC2)cc(Cl)c1OC. The zero-order valence-electron chi connectivity index (χ0n) is 15.8. The van der Waals surface area contributed by atoms with Crippen LogP contribution in [0.2, 0.25) is 5.02 Å². The molecule has 1 aromatic heterocycles. The van der Waals surface area contributed by atoms with E-state index in [1.54, 1.807) is 11.0 Å².